The third kappa shape index (κ3) is 3.67. The van der Waals surface area contributed by atoms with E-state index in [0.29, 0.717) is 12.0 Å². The highest BCUT2D eigenvalue weighted by molar-refractivity contribution is 5.29. The monoisotopic (exact) mass is 287 g/mol. The van der Waals surface area contributed by atoms with Crippen LogP contribution in [0, 0.1) is 5.92 Å². The lowest BCUT2D eigenvalue weighted by Crippen LogP contribution is -2.33. The molecule has 2 atom stereocenters. The lowest BCUT2D eigenvalue weighted by atomic mass is 9.79. The molecule has 0 aromatic heterocycles. The van der Waals surface area contributed by atoms with Gasteiger partial charge in [-0.2, -0.15) is 0 Å². The van der Waals surface area contributed by atoms with Crippen LogP contribution in [0.15, 0.2) is 24.3 Å². The maximum Gasteiger partial charge on any atom is 0.0512 e. The number of hydrogen-bond acceptors (Lipinski definition) is 2. The van der Waals surface area contributed by atoms with Crippen LogP contribution in [0.1, 0.15) is 68.5 Å². The van der Waals surface area contributed by atoms with Crippen LogP contribution in [0.3, 0.4) is 0 Å². The molecule has 1 aromatic carbocycles. The molecule has 116 valence electrons. The smallest absolute Gasteiger partial charge is 0.0512 e. The average molecular weight is 287 g/mol. The molecule has 1 aliphatic heterocycles. The summed E-state index contributed by atoms with van der Waals surface area (Å²) in [6, 6.07) is 9.90. The van der Waals surface area contributed by atoms with E-state index in [2.05, 4.69) is 36.5 Å². The van der Waals surface area contributed by atoms with Gasteiger partial charge in [0, 0.05) is 18.6 Å². The Morgan fingerprint density at radius 2 is 1.95 bits per heavy atom. The van der Waals surface area contributed by atoms with Gasteiger partial charge < -0.3 is 10.1 Å². The fourth-order valence-electron chi connectivity index (χ4n) is 3.60. The van der Waals surface area contributed by atoms with Crippen LogP contribution in [0.2, 0.25) is 0 Å². The number of rotatable bonds is 6. The van der Waals surface area contributed by atoms with Gasteiger partial charge in [0.25, 0.3) is 0 Å². The van der Waals surface area contributed by atoms with Crippen molar-refractivity contribution in [3.63, 3.8) is 0 Å². The summed E-state index contributed by atoms with van der Waals surface area (Å²) in [5, 5.41) is 3.75. The van der Waals surface area contributed by atoms with Crippen LogP contribution in [0.25, 0.3) is 0 Å². The summed E-state index contributed by atoms with van der Waals surface area (Å²) < 4.78 is 5.71. The summed E-state index contributed by atoms with van der Waals surface area (Å²) >= 11 is 0. The summed E-state index contributed by atoms with van der Waals surface area (Å²) in [6.45, 7) is 5.18. The second-order valence-corrected chi connectivity index (χ2v) is 6.70. The first-order valence-corrected chi connectivity index (χ1v) is 8.79. The second kappa shape index (κ2) is 7.42. The highest BCUT2D eigenvalue weighted by Crippen LogP contribution is 2.37. The van der Waals surface area contributed by atoms with Crippen molar-refractivity contribution in [2.24, 2.45) is 5.92 Å². The molecule has 1 aliphatic carbocycles. The van der Waals surface area contributed by atoms with E-state index in [1.165, 1.54) is 44.1 Å². The zero-order valence-electron chi connectivity index (χ0n) is 13.3. The average Bonchev–Trinajstić information content (AvgIpc) is 2.49. The molecule has 2 fully saturated rings. The van der Waals surface area contributed by atoms with Gasteiger partial charge in [-0.25, -0.2) is 0 Å². The van der Waals surface area contributed by atoms with Crippen molar-refractivity contribution in [1.29, 1.82) is 0 Å². The van der Waals surface area contributed by atoms with Gasteiger partial charge in [-0.1, -0.05) is 37.6 Å². The Balaban J connectivity index is 1.71. The zero-order valence-corrected chi connectivity index (χ0v) is 13.3. The van der Waals surface area contributed by atoms with Crippen LogP contribution in [0.4, 0.5) is 0 Å². The predicted octanol–water partition coefficient (Wildman–Crippen LogP) is 4.42. The summed E-state index contributed by atoms with van der Waals surface area (Å²) in [5.74, 6) is 1.46. The lowest BCUT2D eigenvalue weighted by molar-refractivity contribution is 0.0390. The first-order chi connectivity index (χ1) is 10.4. The molecule has 0 spiro atoms. The van der Waals surface area contributed by atoms with Gasteiger partial charge in [-0.3, -0.25) is 0 Å². The molecule has 1 saturated carbocycles. The first-order valence-electron chi connectivity index (χ1n) is 8.79. The molecule has 3 rings (SSSR count). The Kier molecular flexibility index (Phi) is 5.32. The Hall–Kier alpha value is -0.860. The molecule has 2 aliphatic rings. The summed E-state index contributed by atoms with van der Waals surface area (Å²) in [5.41, 5.74) is 2.99. The van der Waals surface area contributed by atoms with Crippen LogP contribution < -0.4 is 5.32 Å². The van der Waals surface area contributed by atoms with Crippen molar-refractivity contribution < 1.29 is 4.74 Å². The molecule has 1 aromatic rings. The number of ether oxygens (including phenoxy) is 1. The van der Waals surface area contributed by atoms with Crippen molar-refractivity contribution in [2.75, 3.05) is 19.8 Å². The molecule has 1 N–H and O–H groups in total. The van der Waals surface area contributed by atoms with E-state index >= 15 is 0 Å². The molecule has 0 amide bonds. The normalized spacial score (nSPS) is 24.5. The third-order valence-electron chi connectivity index (χ3n) is 5.15. The van der Waals surface area contributed by atoms with Gasteiger partial charge in [0.05, 0.1) is 6.61 Å². The van der Waals surface area contributed by atoms with E-state index in [9.17, 15) is 0 Å². The van der Waals surface area contributed by atoms with Crippen LogP contribution in [-0.2, 0) is 4.74 Å². The predicted molar refractivity (Wildman–Crippen MR) is 87.6 cm³/mol. The maximum absolute atomic E-state index is 5.71. The third-order valence-corrected chi connectivity index (χ3v) is 5.15. The Morgan fingerprint density at radius 3 is 2.52 bits per heavy atom. The van der Waals surface area contributed by atoms with Crippen molar-refractivity contribution in [2.45, 2.75) is 57.4 Å². The fourth-order valence-corrected chi connectivity index (χ4v) is 3.60. The highest BCUT2D eigenvalue weighted by Gasteiger charge is 2.26. The minimum atomic E-state index is 0.459. The number of hydrogen-bond donors (Lipinski definition) is 1. The number of benzene rings is 1. The van der Waals surface area contributed by atoms with E-state index in [-0.39, 0.29) is 0 Å². The van der Waals surface area contributed by atoms with Crippen molar-refractivity contribution in [1.82, 2.24) is 5.32 Å². The molecule has 21 heavy (non-hydrogen) atoms. The maximum atomic E-state index is 5.71. The van der Waals surface area contributed by atoms with Crippen molar-refractivity contribution >= 4 is 0 Å². The van der Waals surface area contributed by atoms with E-state index in [0.717, 1.165) is 25.7 Å². The molecular weight excluding hydrogens is 258 g/mol. The lowest BCUT2D eigenvalue weighted by Gasteiger charge is -2.32. The van der Waals surface area contributed by atoms with Crippen LogP contribution in [-0.4, -0.2) is 19.8 Å². The molecule has 1 heterocycles. The van der Waals surface area contributed by atoms with Gasteiger partial charge in [0.15, 0.2) is 0 Å². The molecule has 2 nitrogen and oxygen atoms in total. The minimum Gasteiger partial charge on any atom is -0.381 e. The Labute approximate surface area is 129 Å². The molecule has 0 radical (unpaired) electrons. The van der Waals surface area contributed by atoms with Crippen LogP contribution in [0.5, 0.6) is 0 Å². The molecule has 2 heteroatoms. The topological polar surface area (TPSA) is 21.3 Å². The number of nitrogens with one attached hydrogen (secondary N) is 1. The molecule has 2 unspecified atom stereocenters. The minimum absolute atomic E-state index is 0.459. The first kappa shape index (κ1) is 15.1. The van der Waals surface area contributed by atoms with Gasteiger partial charge in [0.1, 0.15) is 0 Å². The van der Waals surface area contributed by atoms with E-state index in [1.807, 2.05) is 0 Å². The van der Waals surface area contributed by atoms with Gasteiger partial charge in [0.2, 0.25) is 0 Å². The zero-order chi connectivity index (χ0) is 14.5. The highest BCUT2D eigenvalue weighted by atomic mass is 16.5. The largest absolute Gasteiger partial charge is 0.381 e. The fraction of sp³-hybridized carbons (Fsp3) is 0.684. The van der Waals surface area contributed by atoms with Gasteiger partial charge in [-0.05, 0) is 55.7 Å². The summed E-state index contributed by atoms with van der Waals surface area (Å²) in [7, 11) is 0. The Bertz CT molecular complexity index is 418. The van der Waals surface area contributed by atoms with Crippen molar-refractivity contribution in [3.05, 3.63) is 35.4 Å². The molecular formula is C19H29NO. The van der Waals surface area contributed by atoms with E-state index < -0.39 is 0 Å². The van der Waals surface area contributed by atoms with Gasteiger partial charge >= 0.3 is 0 Å². The van der Waals surface area contributed by atoms with Crippen molar-refractivity contribution in [3.8, 4) is 0 Å². The summed E-state index contributed by atoms with van der Waals surface area (Å²) in [6.07, 6.45) is 7.85. The van der Waals surface area contributed by atoms with E-state index in [4.69, 9.17) is 4.74 Å². The Morgan fingerprint density at radius 1 is 1.14 bits per heavy atom. The second-order valence-electron chi connectivity index (χ2n) is 6.70. The van der Waals surface area contributed by atoms with Crippen LogP contribution >= 0.6 is 0 Å². The standard InChI is InChI=1S/C19H29NO/c1-2-12-20-19(18-7-4-13-21-14-18)17-10-8-16(9-11-17)15-5-3-6-15/h8-11,15,18-20H,2-7,12-14H2,1H3. The van der Waals surface area contributed by atoms with Gasteiger partial charge in [-0.15, -0.1) is 0 Å². The quantitative estimate of drug-likeness (QED) is 0.836. The molecule has 1 saturated heterocycles. The van der Waals surface area contributed by atoms with E-state index in [1.54, 1.807) is 5.56 Å². The molecule has 0 bridgehead atoms. The summed E-state index contributed by atoms with van der Waals surface area (Å²) in [4.78, 5) is 0. The SMILES string of the molecule is CCCNC(c1ccc(C2CCC2)cc1)C1CCCOC1.